The number of esters is 4. The molecular formula is C83H162O17P2. The van der Waals surface area contributed by atoms with Gasteiger partial charge < -0.3 is 33.8 Å². The molecule has 0 aliphatic carbocycles. The highest BCUT2D eigenvalue weighted by molar-refractivity contribution is 7.47. The number of ether oxygens (including phenoxy) is 4. The second kappa shape index (κ2) is 73.2. The zero-order valence-corrected chi connectivity index (χ0v) is 68.9. The van der Waals surface area contributed by atoms with Gasteiger partial charge in [-0.15, -0.1) is 0 Å². The first-order valence-corrected chi connectivity index (χ1v) is 45.8. The number of phosphoric acid groups is 2. The molecule has 0 bridgehead atoms. The zero-order valence-electron chi connectivity index (χ0n) is 67.1. The van der Waals surface area contributed by atoms with Gasteiger partial charge in [0.15, 0.2) is 12.2 Å². The van der Waals surface area contributed by atoms with Crippen LogP contribution in [0.1, 0.15) is 434 Å². The van der Waals surface area contributed by atoms with Crippen LogP contribution in [-0.2, 0) is 65.4 Å². The minimum Gasteiger partial charge on any atom is -0.462 e. The molecule has 0 amide bonds. The highest BCUT2D eigenvalue weighted by atomic mass is 31.2. The quantitative estimate of drug-likeness (QED) is 0.0222. The van der Waals surface area contributed by atoms with Crippen molar-refractivity contribution in [3.05, 3.63) is 0 Å². The molecule has 0 saturated heterocycles. The van der Waals surface area contributed by atoms with E-state index in [1.54, 1.807) is 0 Å². The third kappa shape index (κ3) is 76.3. The van der Waals surface area contributed by atoms with Crippen molar-refractivity contribution >= 4 is 39.5 Å². The van der Waals surface area contributed by atoms with Crippen LogP contribution in [0.5, 0.6) is 0 Å². The Labute approximate surface area is 626 Å². The molecule has 17 nitrogen and oxygen atoms in total. The van der Waals surface area contributed by atoms with E-state index in [0.29, 0.717) is 31.6 Å². The number of phosphoric ester groups is 2. The average Bonchev–Trinajstić information content (AvgIpc) is 0.908. The van der Waals surface area contributed by atoms with Crippen LogP contribution in [-0.4, -0.2) is 96.7 Å². The van der Waals surface area contributed by atoms with Gasteiger partial charge in [-0.1, -0.05) is 382 Å². The van der Waals surface area contributed by atoms with Gasteiger partial charge in [-0.05, 0) is 43.4 Å². The summed E-state index contributed by atoms with van der Waals surface area (Å²) in [5.74, 6) is 0.185. The lowest BCUT2D eigenvalue weighted by molar-refractivity contribution is -0.161. The highest BCUT2D eigenvalue weighted by Crippen LogP contribution is 2.45. The molecule has 0 aromatic carbocycles. The predicted molar refractivity (Wildman–Crippen MR) is 418 cm³/mol. The molecule has 102 heavy (non-hydrogen) atoms. The number of aliphatic hydroxyl groups is 1. The van der Waals surface area contributed by atoms with Gasteiger partial charge in [0.1, 0.15) is 19.3 Å². The molecule has 0 radical (unpaired) electrons. The van der Waals surface area contributed by atoms with E-state index in [-0.39, 0.29) is 25.7 Å². The zero-order chi connectivity index (χ0) is 75.1. The van der Waals surface area contributed by atoms with Gasteiger partial charge in [0.25, 0.3) is 0 Å². The van der Waals surface area contributed by atoms with Crippen LogP contribution in [0.2, 0.25) is 0 Å². The van der Waals surface area contributed by atoms with Crippen molar-refractivity contribution in [1.29, 1.82) is 0 Å². The molecule has 0 fully saturated rings. The van der Waals surface area contributed by atoms with Crippen LogP contribution in [0.25, 0.3) is 0 Å². The summed E-state index contributed by atoms with van der Waals surface area (Å²) in [7, 11) is -9.92. The summed E-state index contributed by atoms with van der Waals surface area (Å²) in [5.41, 5.74) is 0. The topological polar surface area (TPSA) is 237 Å². The normalized spacial score (nSPS) is 13.9. The molecule has 0 aliphatic rings. The van der Waals surface area contributed by atoms with Crippen molar-refractivity contribution in [3.63, 3.8) is 0 Å². The smallest absolute Gasteiger partial charge is 0.462 e. The number of unbranched alkanes of at least 4 members (excludes halogenated alkanes) is 49. The molecule has 3 N–H and O–H groups in total. The maximum absolute atomic E-state index is 13.1. The summed E-state index contributed by atoms with van der Waals surface area (Å²) >= 11 is 0. The van der Waals surface area contributed by atoms with Crippen molar-refractivity contribution in [2.75, 3.05) is 39.6 Å². The van der Waals surface area contributed by atoms with Crippen molar-refractivity contribution in [2.24, 2.45) is 17.8 Å². The fourth-order valence-electron chi connectivity index (χ4n) is 12.8. The van der Waals surface area contributed by atoms with Gasteiger partial charge in [-0.25, -0.2) is 9.13 Å². The Hall–Kier alpha value is -1.94. The van der Waals surface area contributed by atoms with Gasteiger partial charge in [-0.3, -0.25) is 37.3 Å². The fourth-order valence-corrected chi connectivity index (χ4v) is 14.4. The highest BCUT2D eigenvalue weighted by Gasteiger charge is 2.30. The van der Waals surface area contributed by atoms with E-state index in [2.05, 4.69) is 48.5 Å². The van der Waals surface area contributed by atoms with E-state index in [4.69, 9.17) is 37.0 Å². The summed E-state index contributed by atoms with van der Waals surface area (Å²) in [6.07, 6.45) is 62.6. The summed E-state index contributed by atoms with van der Waals surface area (Å²) in [6.45, 7) is 11.9. The monoisotopic (exact) mass is 1490 g/mol. The first kappa shape index (κ1) is 100. The van der Waals surface area contributed by atoms with Crippen LogP contribution >= 0.6 is 15.6 Å². The van der Waals surface area contributed by atoms with E-state index in [0.717, 1.165) is 108 Å². The Morgan fingerprint density at radius 1 is 0.265 bits per heavy atom. The Morgan fingerprint density at radius 3 is 0.667 bits per heavy atom. The van der Waals surface area contributed by atoms with Crippen molar-refractivity contribution in [2.45, 2.75) is 452 Å². The summed E-state index contributed by atoms with van der Waals surface area (Å²) in [6, 6.07) is 0. The average molecular weight is 1490 g/mol. The van der Waals surface area contributed by atoms with Crippen LogP contribution in [0.15, 0.2) is 0 Å². The van der Waals surface area contributed by atoms with Crippen LogP contribution < -0.4 is 0 Å². The Morgan fingerprint density at radius 2 is 0.451 bits per heavy atom. The van der Waals surface area contributed by atoms with E-state index in [1.165, 1.54) is 238 Å². The van der Waals surface area contributed by atoms with E-state index in [1.807, 2.05) is 0 Å². The van der Waals surface area contributed by atoms with Crippen LogP contribution in [0.4, 0.5) is 0 Å². The Balaban J connectivity index is 5.22. The molecule has 0 aromatic rings. The lowest BCUT2D eigenvalue weighted by atomic mass is 10.0. The molecule has 0 heterocycles. The Kier molecular flexibility index (Phi) is 71.8. The van der Waals surface area contributed by atoms with Crippen molar-refractivity contribution in [3.8, 4) is 0 Å². The number of aliphatic hydroxyl groups excluding tert-OH is 1. The van der Waals surface area contributed by atoms with Gasteiger partial charge in [0, 0.05) is 25.7 Å². The largest absolute Gasteiger partial charge is 0.472 e. The first-order chi connectivity index (χ1) is 49.2. The van der Waals surface area contributed by atoms with Gasteiger partial charge >= 0.3 is 39.5 Å². The Bertz CT molecular complexity index is 1970. The second-order valence-corrected chi connectivity index (χ2v) is 34.2. The predicted octanol–water partition coefficient (Wildman–Crippen LogP) is 24.9. The molecule has 0 aromatic heterocycles. The first-order valence-electron chi connectivity index (χ1n) is 42.8. The van der Waals surface area contributed by atoms with Gasteiger partial charge in [0.2, 0.25) is 0 Å². The van der Waals surface area contributed by atoms with E-state index < -0.39 is 97.5 Å². The van der Waals surface area contributed by atoms with Gasteiger partial charge in [-0.2, -0.15) is 0 Å². The number of hydrogen-bond donors (Lipinski definition) is 3. The minimum atomic E-state index is -4.96. The lowest BCUT2D eigenvalue weighted by Gasteiger charge is -2.21. The molecule has 2 unspecified atom stereocenters. The van der Waals surface area contributed by atoms with Crippen molar-refractivity contribution in [1.82, 2.24) is 0 Å². The standard InChI is InChI=1S/C83H162O17P2/c1-8-9-10-11-12-13-14-15-16-22-28-33-38-43-52-59-67-83(88)100-79(71-94-81(86)65-58-51-46-45-49-56-63-76(6)7)73-98-102(91,92)96-69-77(84)68-95-101(89,90)97-72-78(70-93-80(85)64-57-50-42-37-32-27-24-19-21-26-31-36-41-48-55-62-75(4)5)99-82(87)66-60-53-44-39-34-29-23-18-17-20-25-30-35-40-47-54-61-74(2)3/h74-79,84H,8-73H2,1-7H3,(H,89,90)(H,91,92)/t77-,78-,79-/m1/s1. The molecule has 19 heteroatoms. The maximum Gasteiger partial charge on any atom is 0.472 e. The third-order valence-corrected chi connectivity index (χ3v) is 21.3. The summed E-state index contributed by atoms with van der Waals surface area (Å²) in [4.78, 5) is 73.1. The van der Waals surface area contributed by atoms with Crippen LogP contribution in [0.3, 0.4) is 0 Å². The molecule has 0 saturated carbocycles. The molecule has 606 valence electrons. The summed E-state index contributed by atoms with van der Waals surface area (Å²) in [5, 5.41) is 10.7. The molecule has 0 spiro atoms. The number of hydrogen-bond acceptors (Lipinski definition) is 15. The maximum atomic E-state index is 13.1. The van der Waals surface area contributed by atoms with Crippen LogP contribution in [0, 0.1) is 17.8 Å². The number of rotatable bonds is 81. The SMILES string of the molecule is CCCCCCCCCCCCCCCCCCC(=O)O[C@H](COC(=O)CCCCCCCCC(C)C)COP(=O)(O)OC[C@H](O)COP(=O)(O)OC[C@@H](COC(=O)CCCCCCCCCCCCCCCCCC(C)C)OC(=O)CCCCCCCCCCCCCCCCCCC(C)C. The molecule has 0 aliphatic heterocycles. The second-order valence-electron chi connectivity index (χ2n) is 31.3. The molecule has 5 atom stereocenters. The molecular weight excluding hydrogens is 1330 g/mol. The fraction of sp³-hybridized carbons (Fsp3) is 0.952. The van der Waals surface area contributed by atoms with Crippen molar-refractivity contribution < 1.29 is 80.2 Å². The number of carbonyl (C=O) groups excluding carboxylic acids is 4. The van der Waals surface area contributed by atoms with Gasteiger partial charge in [0.05, 0.1) is 26.4 Å². The lowest BCUT2D eigenvalue weighted by Crippen LogP contribution is -2.30. The minimum absolute atomic E-state index is 0.107. The third-order valence-electron chi connectivity index (χ3n) is 19.4. The summed E-state index contributed by atoms with van der Waals surface area (Å²) < 4.78 is 68.8. The number of carbonyl (C=O) groups is 4. The van der Waals surface area contributed by atoms with E-state index in [9.17, 15) is 43.2 Å². The van der Waals surface area contributed by atoms with E-state index >= 15 is 0 Å². The molecule has 0 rings (SSSR count).